The third-order valence-electron chi connectivity index (χ3n) is 0.604. The van der Waals surface area contributed by atoms with Gasteiger partial charge in [0.15, 0.2) is 0 Å². The van der Waals surface area contributed by atoms with E-state index in [4.69, 9.17) is 0 Å². The van der Waals surface area contributed by atoms with Crippen LogP contribution in [-0.4, -0.2) is 0 Å². The molecular weight excluding hydrogens is 252 g/mol. The maximum absolute atomic E-state index is 3.68. The monoisotopic (exact) mass is 264 g/mol. The van der Waals surface area contributed by atoms with E-state index in [-0.39, 0.29) is 20.1 Å². The predicted octanol–water partition coefficient (Wildman–Crippen LogP) is 2.01. The molecular formula is C5H11Ir-. The van der Waals surface area contributed by atoms with Gasteiger partial charge < -0.3 is 6.92 Å². The molecule has 0 rings (SSSR count). The van der Waals surface area contributed by atoms with Gasteiger partial charge in [0.1, 0.15) is 0 Å². The molecule has 0 atom stereocenters. The molecule has 0 amide bonds. The number of hydrogen-bond donors (Lipinski definition) is 0. The zero-order valence-electron chi connectivity index (χ0n) is 4.16. The van der Waals surface area contributed by atoms with Crippen LogP contribution < -0.4 is 0 Å². The first-order valence-corrected chi connectivity index (χ1v) is 2.21. The average molecular weight is 263 g/mol. The van der Waals surface area contributed by atoms with Gasteiger partial charge >= 0.3 is 0 Å². The Kier molecular flexibility index (Phi) is 15.0. The van der Waals surface area contributed by atoms with Crippen molar-refractivity contribution in [1.29, 1.82) is 0 Å². The van der Waals surface area contributed by atoms with Gasteiger partial charge in [0.2, 0.25) is 0 Å². The smallest absolute Gasteiger partial charge is 0 e. The molecule has 0 aliphatic rings. The largest absolute Gasteiger partial charge is 0.343 e. The Morgan fingerprint density at radius 2 is 2.00 bits per heavy atom. The van der Waals surface area contributed by atoms with E-state index >= 15 is 0 Å². The van der Waals surface area contributed by atoms with Crippen LogP contribution in [0.4, 0.5) is 0 Å². The summed E-state index contributed by atoms with van der Waals surface area (Å²) >= 11 is 0. The summed E-state index contributed by atoms with van der Waals surface area (Å²) < 4.78 is 0. The van der Waals surface area contributed by atoms with Crippen LogP contribution in [0.1, 0.15) is 26.2 Å². The molecule has 0 heterocycles. The summed E-state index contributed by atoms with van der Waals surface area (Å²) in [7, 11) is 0. The van der Waals surface area contributed by atoms with Crippen LogP contribution in [0.25, 0.3) is 0 Å². The van der Waals surface area contributed by atoms with Gasteiger partial charge in [-0.05, 0) is 0 Å². The molecule has 1 radical (unpaired) electrons. The third-order valence-corrected chi connectivity index (χ3v) is 0.604. The first-order valence-electron chi connectivity index (χ1n) is 2.21. The van der Waals surface area contributed by atoms with Crippen LogP contribution in [0.5, 0.6) is 0 Å². The molecule has 0 aliphatic heterocycles. The van der Waals surface area contributed by atoms with E-state index in [2.05, 4.69) is 13.8 Å². The molecule has 0 nitrogen and oxygen atoms in total. The molecule has 0 unspecified atom stereocenters. The third kappa shape index (κ3) is 8.82. The van der Waals surface area contributed by atoms with Crippen molar-refractivity contribution in [1.82, 2.24) is 0 Å². The summed E-state index contributed by atoms with van der Waals surface area (Å²) in [6, 6.07) is 0. The minimum atomic E-state index is 0. The molecule has 0 aromatic heterocycles. The summed E-state index contributed by atoms with van der Waals surface area (Å²) in [6.45, 7) is 5.85. The normalized spacial score (nSPS) is 7.00. The van der Waals surface area contributed by atoms with Gasteiger partial charge in [0.25, 0.3) is 0 Å². The minimum Gasteiger partial charge on any atom is -0.343 e. The predicted molar refractivity (Wildman–Crippen MR) is 24.9 cm³/mol. The molecule has 0 saturated carbocycles. The summed E-state index contributed by atoms with van der Waals surface area (Å²) in [5, 5.41) is 0. The standard InChI is InChI=1S/C5H11.Ir/c1-3-5-4-2;/h1,3-5H2,2H3;/q-1;. The Labute approximate surface area is 53.7 Å². The summed E-state index contributed by atoms with van der Waals surface area (Å²) in [6.07, 6.45) is 3.65. The van der Waals surface area contributed by atoms with E-state index in [1.54, 1.807) is 0 Å². The van der Waals surface area contributed by atoms with Crippen LogP contribution in [0.3, 0.4) is 0 Å². The maximum Gasteiger partial charge on any atom is 0 e. The average Bonchev–Trinajstić information content (AvgIpc) is 1.41. The van der Waals surface area contributed by atoms with E-state index in [0.29, 0.717) is 0 Å². The van der Waals surface area contributed by atoms with Crippen LogP contribution >= 0.6 is 0 Å². The molecule has 41 valence electrons. The van der Waals surface area contributed by atoms with Crippen molar-refractivity contribution in [2.45, 2.75) is 26.2 Å². The Hall–Kier alpha value is 0.649. The second-order valence-electron chi connectivity index (χ2n) is 1.21. The van der Waals surface area contributed by atoms with Gasteiger partial charge in [0.05, 0.1) is 0 Å². The van der Waals surface area contributed by atoms with E-state index in [0.717, 1.165) is 6.42 Å². The summed E-state index contributed by atoms with van der Waals surface area (Å²) in [4.78, 5) is 0. The van der Waals surface area contributed by atoms with Crippen molar-refractivity contribution in [3.63, 3.8) is 0 Å². The Morgan fingerprint density at radius 1 is 1.50 bits per heavy atom. The van der Waals surface area contributed by atoms with Gasteiger partial charge in [-0.25, -0.2) is 0 Å². The fourth-order valence-corrected chi connectivity index (χ4v) is 0.250. The van der Waals surface area contributed by atoms with Crippen LogP contribution in [-0.2, 0) is 20.1 Å². The van der Waals surface area contributed by atoms with Gasteiger partial charge in [-0.2, -0.15) is 6.42 Å². The van der Waals surface area contributed by atoms with Gasteiger partial charge in [-0.3, -0.25) is 0 Å². The molecule has 0 aromatic rings. The molecule has 0 bridgehead atoms. The van der Waals surface area contributed by atoms with Crippen molar-refractivity contribution in [2.24, 2.45) is 0 Å². The quantitative estimate of drug-likeness (QED) is 0.669. The molecule has 0 N–H and O–H groups in total. The fraction of sp³-hybridized carbons (Fsp3) is 0.800. The molecule has 0 fully saturated rings. The van der Waals surface area contributed by atoms with Crippen molar-refractivity contribution >= 4 is 0 Å². The first kappa shape index (κ1) is 9.82. The molecule has 0 aromatic carbocycles. The van der Waals surface area contributed by atoms with Crippen LogP contribution in [0, 0.1) is 6.92 Å². The second-order valence-corrected chi connectivity index (χ2v) is 1.21. The van der Waals surface area contributed by atoms with E-state index in [9.17, 15) is 0 Å². The van der Waals surface area contributed by atoms with Gasteiger partial charge in [0, 0.05) is 20.1 Å². The maximum atomic E-state index is 3.68. The number of unbranched alkanes of at least 4 members (excludes halogenated alkanes) is 2. The molecule has 0 saturated heterocycles. The minimum absolute atomic E-state index is 0. The van der Waals surface area contributed by atoms with Crippen molar-refractivity contribution in [3.05, 3.63) is 6.92 Å². The SMILES string of the molecule is [CH2-]CCCC.[Ir]. The van der Waals surface area contributed by atoms with Gasteiger partial charge in [-0.1, -0.05) is 19.8 Å². The first-order chi connectivity index (χ1) is 2.41. The zero-order chi connectivity index (χ0) is 4.12. The van der Waals surface area contributed by atoms with Crippen molar-refractivity contribution in [3.8, 4) is 0 Å². The van der Waals surface area contributed by atoms with Gasteiger partial charge in [-0.15, -0.1) is 0 Å². The number of rotatable bonds is 2. The second kappa shape index (κ2) is 9.17. The van der Waals surface area contributed by atoms with Crippen LogP contribution in [0.2, 0.25) is 0 Å². The van der Waals surface area contributed by atoms with Crippen molar-refractivity contribution < 1.29 is 20.1 Å². The topological polar surface area (TPSA) is 0 Å². The Balaban J connectivity index is 0. The Bertz CT molecular complexity index is 11.4. The van der Waals surface area contributed by atoms with Crippen molar-refractivity contribution in [2.75, 3.05) is 0 Å². The summed E-state index contributed by atoms with van der Waals surface area (Å²) in [5.41, 5.74) is 0. The molecule has 6 heavy (non-hydrogen) atoms. The number of hydrogen-bond acceptors (Lipinski definition) is 0. The Morgan fingerprint density at radius 3 is 2.00 bits per heavy atom. The fourth-order valence-electron chi connectivity index (χ4n) is 0.250. The van der Waals surface area contributed by atoms with E-state index in [1.165, 1.54) is 12.8 Å². The molecule has 1 heteroatoms. The van der Waals surface area contributed by atoms with E-state index < -0.39 is 0 Å². The molecule has 0 spiro atoms. The summed E-state index contributed by atoms with van der Waals surface area (Å²) in [5.74, 6) is 0. The van der Waals surface area contributed by atoms with E-state index in [1.807, 2.05) is 0 Å². The zero-order valence-corrected chi connectivity index (χ0v) is 6.56. The molecule has 0 aliphatic carbocycles. The van der Waals surface area contributed by atoms with Crippen LogP contribution in [0.15, 0.2) is 0 Å².